The molecule has 0 unspecified atom stereocenters. The molecule has 0 saturated carbocycles. The third kappa shape index (κ3) is 2.84. The Balaban J connectivity index is 2.31. The number of aromatic nitrogens is 1. The second-order valence-corrected chi connectivity index (χ2v) is 5.62. The topological polar surface area (TPSA) is 4.93 Å². The van der Waals surface area contributed by atoms with Gasteiger partial charge in [-0.1, -0.05) is 58.0 Å². The lowest BCUT2D eigenvalue weighted by atomic mass is 10.1. The number of hydrogen-bond donors (Lipinski definition) is 0. The van der Waals surface area contributed by atoms with Crippen molar-refractivity contribution in [3.8, 4) is 0 Å². The summed E-state index contributed by atoms with van der Waals surface area (Å²) in [5, 5.41) is 0. The number of rotatable bonds is 4. The summed E-state index contributed by atoms with van der Waals surface area (Å²) in [7, 11) is 0. The minimum atomic E-state index is 0.571. The van der Waals surface area contributed by atoms with Crippen molar-refractivity contribution >= 4 is 0 Å². The summed E-state index contributed by atoms with van der Waals surface area (Å²) < 4.78 is 2.40. The molecule has 1 heterocycles. The van der Waals surface area contributed by atoms with Gasteiger partial charge < -0.3 is 4.57 Å². The van der Waals surface area contributed by atoms with E-state index in [1.54, 1.807) is 0 Å². The minimum absolute atomic E-state index is 0.571. The monoisotopic (exact) mass is 241 g/mol. The largest absolute Gasteiger partial charge is 0.347 e. The van der Waals surface area contributed by atoms with Gasteiger partial charge in [0.2, 0.25) is 0 Å². The Bertz CT molecular complexity index is 492. The van der Waals surface area contributed by atoms with Crippen LogP contribution in [0.1, 0.15) is 56.4 Å². The molecule has 2 aromatic rings. The van der Waals surface area contributed by atoms with Gasteiger partial charge in [0.05, 0.1) is 0 Å². The summed E-state index contributed by atoms with van der Waals surface area (Å²) >= 11 is 0. The molecule has 0 amide bonds. The number of nitrogens with zero attached hydrogens (tertiary/aromatic N) is 1. The Morgan fingerprint density at radius 3 is 2.17 bits per heavy atom. The van der Waals surface area contributed by atoms with E-state index in [9.17, 15) is 0 Å². The molecule has 0 atom stereocenters. The lowest BCUT2D eigenvalue weighted by Gasteiger charge is -2.11. The van der Waals surface area contributed by atoms with Gasteiger partial charge in [-0.25, -0.2) is 0 Å². The van der Waals surface area contributed by atoms with Crippen molar-refractivity contribution < 1.29 is 0 Å². The first-order valence-corrected chi connectivity index (χ1v) is 6.82. The zero-order valence-corrected chi connectivity index (χ0v) is 11.9. The Morgan fingerprint density at radius 1 is 0.944 bits per heavy atom. The molecule has 0 fully saturated rings. The first kappa shape index (κ1) is 12.9. The summed E-state index contributed by atoms with van der Waals surface area (Å²) in [6.45, 7) is 10.0. The van der Waals surface area contributed by atoms with Gasteiger partial charge in [-0.2, -0.15) is 0 Å². The normalized spacial score (nSPS) is 11.4. The van der Waals surface area contributed by atoms with Crippen molar-refractivity contribution in [1.82, 2.24) is 4.57 Å². The van der Waals surface area contributed by atoms with Crippen LogP contribution in [0.3, 0.4) is 0 Å². The molecule has 0 aliphatic heterocycles. The van der Waals surface area contributed by atoms with Crippen molar-refractivity contribution in [2.24, 2.45) is 0 Å². The molecule has 0 N–H and O–H groups in total. The molecule has 0 aliphatic carbocycles. The van der Waals surface area contributed by atoms with Crippen molar-refractivity contribution in [2.45, 2.75) is 46.1 Å². The van der Waals surface area contributed by atoms with Gasteiger partial charge in [-0.3, -0.25) is 0 Å². The summed E-state index contributed by atoms with van der Waals surface area (Å²) in [6, 6.07) is 13.0. The summed E-state index contributed by atoms with van der Waals surface area (Å²) in [5.74, 6) is 1.17. The second-order valence-electron chi connectivity index (χ2n) is 5.62. The second kappa shape index (κ2) is 5.43. The molecule has 0 saturated heterocycles. The van der Waals surface area contributed by atoms with Gasteiger partial charge in [0.15, 0.2) is 0 Å². The van der Waals surface area contributed by atoms with Crippen LogP contribution in [0.15, 0.2) is 42.6 Å². The molecule has 0 bridgehead atoms. The molecule has 0 radical (unpaired) electrons. The third-order valence-electron chi connectivity index (χ3n) is 3.41. The highest BCUT2D eigenvalue weighted by Crippen LogP contribution is 2.24. The van der Waals surface area contributed by atoms with Crippen LogP contribution in [0.4, 0.5) is 0 Å². The summed E-state index contributed by atoms with van der Waals surface area (Å²) in [6.07, 6.45) is 2.31. The van der Waals surface area contributed by atoms with Crippen molar-refractivity contribution in [2.75, 3.05) is 0 Å². The van der Waals surface area contributed by atoms with Crippen LogP contribution >= 0.6 is 0 Å². The molecule has 0 aliphatic rings. The molecule has 1 aromatic carbocycles. The average Bonchev–Trinajstić information content (AvgIpc) is 2.74. The first-order valence-electron chi connectivity index (χ1n) is 6.82. The third-order valence-corrected chi connectivity index (χ3v) is 3.41. The number of benzene rings is 1. The van der Waals surface area contributed by atoms with Gasteiger partial charge >= 0.3 is 0 Å². The van der Waals surface area contributed by atoms with Gasteiger partial charge in [-0.15, -0.1) is 0 Å². The molecule has 18 heavy (non-hydrogen) atoms. The van der Waals surface area contributed by atoms with Crippen LogP contribution in [0.5, 0.6) is 0 Å². The predicted molar refractivity (Wildman–Crippen MR) is 78.2 cm³/mol. The molecule has 1 heteroatoms. The smallest absolute Gasteiger partial charge is 0.0473 e. The molecule has 1 aromatic heterocycles. The van der Waals surface area contributed by atoms with Crippen molar-refractivity contribution in [1.29, 1.82) is 0 Å². The van der Waals surface area contributed by atoms with Crippen LogP contribution in [0, 0.1) is 0 Å². The van der Waals surface area contributed by atoms with Crippen molar-refractivity contribution in [3.05, 3.63) is 59.4 Å². The minimum Gasteiger partial charge on any atom is -0.347 e. The van der Waals surface area contributed by atoms with E-state index in [2.05, 4.69) is 74.9 Å². The van der Waals surface area contributed by atoms with E-state index in [1.807, 2.05) is 0 Å². The van der Waals surface area contributed by atoms with E-state index in [0.717, 1.165) is 6.54 Å². The lowest BCUT2D eigenvalue weighted by molar-refractivity contribution is 0.692. The standard InChI is InChI=1S/C17H23N/c1-13(2)16-10-17(14(3)4)18(12-16)11-15-8-6-5-7-9-15/h5-10,12-14H,11H2,1-4H3. The van der Waals surface area contributed by atoms with Crippen LogP contribution < -0.4 is 0 Å². The molecular formula is C17H23N. The average molecular weight is 241 g/mol. The van der Waals surface area contributed by atoms with Gasteiger partial charge in [0.1, 0.15) is 0 Å². The highest BCUT2D eigenvalue weighted by molar-refractivity contribution is 5.26. The number of hydrogen-bond acceptors (Lipinski definition) is 0. The Hall–Kier alpha value is -1.50. The highest BCUT2D eigenvalue weighted by Gasteiger charge is 2.11. The molecular weight excluding hydrogens is 218 g/mol. The predicted octanol–water partition coefficient (Wildman–Crippen LogP) is 4.78. The van der Waals surface area contributed by atoms with Crippen LogP contribution in [0.2, 0.25) is 0 Å². The lowest BCUT2D eigenvalue weighted by Crippen LogP contribution is -2.04. The van der Waals surface area contributed by atoms with Gasteiger partial charge in [0, 0.05) is 18.4 Å². The fourth-order valence-electron chi connectivity index (χ4n) is 2.28. The van der Waals surface area contributed by atoms with Crippen molar-refractivity contribution in [3.63, 3.8) is 0 Å². The zero-order chi connectivity index (χ0) is 13.1. The highest BCUT2D eigenvalue weighted by atomic mass is 15.0. The Labute approximate surface area is 110 Å². The van der Waals surface area contributed by atoms with E-state index in [1.165, 1.54) is 16.8 Å². The maximum absolute atomic E-state index is 2.40. The van der Waals surface area contributed by atoms with E-state index in [0.29, 0.717) is 11.8 Å². The van der Waals surface area contributed by atoms with E-state index in [-0.39, 0.29) is 0 Å². The Kier molecular flexibility index (Phi) is 3.90. The Morgan fingerprint density at radius 2 is 1.61 bits per heavy atom. The van der Waals surface area contributed by atoms with E-state index in [4.69, 9.17) is 0 Å². The van der Waals surface area contributed by atoms with E-state index < -0.39 is 0 Å². The van der Waals surface area contributed by atoms with Gasteiger partial charge in [-0.05, 0) is 29.0 Å². The fourth-order valence-corrected chi connectivity index (χ4v) is 2.28. The van der Waals surface area contributed by atoms with Gasteiger partial charge in [0.25, 0.3) is 0 Å². The molecule has 0 spiro atoms. The summed E-state index contributed by atoms with van der Waals surface area (Å²) in [4.78, 5) is 0. The van der Waals surface area contributed by atoms with Crippen LogP contribution in [-0.2, 0) is 6.54 Å². The maximum atomic E-state index is 2.40. The van der Waals surface area contributed by atoms with Crippen LogP contribution in [0.25, 0.3) is 0 Å². The zero-order valence-electron chi connectivity index (χ0n) is 11.9. The summed E-state index contributed by atoms with van der Waals surface area (Å²) in [5.41, 5.74) is 4.24. The SMILES string of the molecule is CC(C)c1cc(C(C)C)n(Cc2ccccc2)c1. The van der Waals surface area contributed by atoms with E-state index >= 15 is 0 Å². The molecule has 96 valence electrons. The molecule has 2 rings (SSSR count). The maximum Gasteiger partial charge on any atom is 0.0473 e. The first-order chi connectivity index (χ1) is 8.58. The molecule has 1 nitrogen and oxygen atoms in total. The van der Waals surface area contributed by atoms with Crippen LogP contribution in [-0.4, -0.2) is 4.57 Å². The fraction of sp³-hybridized carbons (Fsp3) is 0.412. The quantitative estimate of drug-likeness (QED) is 0.725.